The van der Waals surface area contributed by atoms with Gasteiger partial charge < -0.3 is 14.5 Å². The molecule has 1 N–H and O–H groups in total. The molecule has 1 amide bonds. The van der Waals surface area contributed by atoms with Crippen molar-refractivity contribution >= 4 is 28.5 Å². The lowest BCUT2D eigenvalue weighted by Crippen LogP contribution is -2.29. The fraction of sp³-hybridized carbons (Fsp3) is 0.158. The summed E-state index contributed by atoms with van der Waals surface area (Å²) in [6.45, 7) is 0.436. The lowest BCUT2D eigenvalue weighted by molar-refractivity contribution is -0.123. The maximum Gasteiger partial charge on any atom is 0.336 e. The van der Waals surface area contributed by atoms with Crippen LogP contribution in [0.1, 0.15) is 11.1 Å². The summed E-state index contributed by atoms with van der Waals surface area (Å²) in [6.07, 6.45) is 0. The van der Waals surface area contributed by atoms with Gasteiger partial charge in [-0.2, -0.15) is 8.78 Å². The maximum absolute atomic E-state index is 13.6. The van der Waals surface area contributed by atoms with Crippen molar-refractivity contribution in [3.8, 4) is 5.75 Å². The summed E-state index contributed by atoms with van der Waals surface area (Å²) in [7, 11) is 0. The van der Waals surface area contributed by atoms with Crippen molar-refractivity contribution in [3.63, 3.8) is 0 Å². The highest BCUT2D eigenvalue weighted by atomic mass is 35.5. The van der Waals surface area contributed by atoms with Gasteiger partial charge in [-0.05, 0) is 30.2 Å². The minimum Gasteiger partial charge on any atom is -0.477 e. The van der Waals surface area contributed by atoms with Crippen molar-refractivity contribution in [2.24, 2.45) is 0 Å². The molecular formula is C19H11ClF5NO4. The van der Waals surface area contributed by atoms with Crippen LogP contribution in [0.2, 0.25) is 5.02 Å². The topological polar surface area (TPSA) is 68.5 Å². The standard InChI is InChI=1S/C19H11ClF5NO4/c1-7-2-11-9(4-10(7)20)8(3-13(28)30-11)5-26-12(27)6-29-19-17(24)15(22)14(21)16(23)18(19)25/h2-4H,5-6H2,1H3,(H,26,27). The van der Waals surface area contributed by atoms with Crippen LogP contribution in [0.3, 0.4) is 0 Å². The maximum atomic E-state index is 13.6. The number of carbonyl (C=O) groups excluding carboxylic acids is 1. The summed E-state index contributed by atoms with van der Waals surface area (Å²) >= 11 is 6.06. The van der Waals surface area contributed by atoms with E-state index < -0.39 is 53.0 Å². The number of nitrogens with one attached hydrogen (secondary N) is 1. The first-order valence-corrected chi connectivity index (χ1v) is 8.61. The van der Waals surface area contributed by atoms with Gasteiger partial charge in [-0.25, -0.2) is 18.0 Å². The molecule has 158 valence electrons. The van der Waals surface area contributed by atoms with Gasteiger partial charge >= 0.3 is 5.63 Å². The predicted octanol–water partition coefficient (Wildman–Crippen LogP) is 4.15. The van der Waals surface area contributed by atoms with Crippen LogP contribution in [0.25, 0.3) is 11.0 Å². The molecule has 0 saturated heterocycles. The van der Waals surface area contributed by atoms with Crippen LogP contribution in [0.5, 0.6) is 5.75 Å². The van der Waals surface area contributed by atoms with Crippen LogP contribution in [0.15, 0.2) is 27.4 Å². The zero-order valence-corrected chi connectivity index (χ0v) is 15.8. The Kier molecular flexibility index (Phi) is 5.97. The Morgan fingerprint density at radius 2 is 1.63 bits per heavy atom. The van der Waals surface area contributed by atoms with Gasteiger partial charge in [0, 0.05) is 23.0 Å². The lowest BCUT2D eigenvalue weighted by Gasteiger charge is -2.11. The minimum atomic E-state index is -2.34. The molecule has 11 heteroatoms. The number of ether oxygens (including phenoxy) is 1. The Hall–Kier alpha value is -3.14. The number of benzene rings is 2. The second-order valence-corrected chi connectivity index (χ2v) is 6.56. The third kappa shape index (κ3) is 4.09. The molecule has 0 aliphatic rings. The van der Waals surface area contributed by atoms with Crippen molar-refractivity contribution < 1.29 is 35.9 Å². The number of hydrogen-bond acceptors (Lipinski definition) is 4. The highest BCUT2D eigenvalue weighted by molar-refractivity contribution is 6.32. The van der Waals surface area contributed by atoms with Gasteiger partial charge in [0.15, 0.2) is 12.4 Å². The molecule has 0 unspecified atom stereocenters. The molecule has 0 radical (unpaired) electrons. The first kappa shape index (κ1) is 21.6. The number of amides is 1. The van der Waals surface area contributed by atoms with Gasteiger partial charge in [0.2, 0.25) is 29.1 Å². The van der Waals surface area contributed by atoms with Crippen molar-refractivity contribution in [3.05, 3.63) is 73.9 Å². The smallest absolute Gasteiger partial charge is 0.336 e. The van der Waals surface area contributed by atoms with Gasteiger partial charge in [0.1, 0.15) is 5.58 Å². The molecule has 0 aliphatic heterocycles. The summed E-state index contributed by atoms with van der Waals surface area (Å²) in [5, 5.41) is 3.13. The molecule has 5 nitrogen and oxygen atoms in total. The molecule has 3 rings (SSSR count). The molecule has 0 spiro atoms. The van der Waals surface area contributed by atoms with E-state index in [1.165, 1.54) is 12.1 Å². The van der Waals surface area contributed by atoms with Crippen LogP contribution in [0, 0.1) is 36.0 Å². The molecule has 0 bridgehead atoms. The molecule has 0 atom stereocenters. The monoisotopic (exact) mass is 447 g/mol. The average Bonchev–Trinajstić information content (AvgIpc) is 2.70. The zero-order valence-electron chi connectivity index (χ0n) is 15.0. The predicted molar refractivity (Wildman–Crippen MR) is 95.8 cm³/mol. The molecule has 0 fully saturated rings. The summed E-state index contributed by atoms with van der Waals surface area (Å²) in [5.41, 5.74) is 0.523. The first-order chi connectivity index (χ1) is 14.1. The molecule has 3 aromatic rings. The number of hydrogen-bond donors (Lipinski definition) is 1. The molecule has 0 aliphatic carbocycles. The second-order valence-electron chi connectivity index (χ2n) is 6.15. The van der Waals surface area contributed by atoms with E-state index in [4.69, 9.17) is 16.0 Å². The number of carbonyl (C=O) groups is 1. The van der Waals surface area contributed by atoms with E-state index in [9.17, 15) is 31.5 Å². The molecular weight excluding hydrogens is 437 g/mol. The number of fused-ring (bicyclic) bond motifs is 1. The van der Waals surface area contributed by atoms with E-state index in [-0.39, 0.29) is 12.1 Å². The van der Waals surface area contributed by atoms with Crippen LogP contribution in [0.4, 0.5) is 22.0 Å². The van der Waals surface area contributed by atoms with Crippen LogP contribution < -0.4 is 15.7 Å². The Bertz CT molecular complexity index is 1200. The number of aryl methyl sites for hydroxylation is 1. The molecule has 2 aromatic carbocycles. The Morgan fingerprint density at radius 3 is 2.27 bits per heavy atom. The second kappa shape index (κ2) is 8.31. The highest BCUT2D eigenvalue weighted by Gasteiger charge is 2.27. The van der Waals surface area contributed by atoms with E-state index in [0.717, 1.165) is 6.07 Å². The van der Waals surface area contributed by atoms with Gasteiger partial charge in [0.05, 0.1) is 0 Å². The van der Waals surface area contributed by atoms with Crippen molar-refractivity contribution in [1.82, 2.24) is 5.32 Å². The van der Waals surface area contributed by atoms with E-state index in [1.807, 2.05) is 0 Å². The Balaban J connectivity index is 1.75. The van der Waals surface area contributed by atoms with Gasteiger partial charge in [-0.1, -0.05) is 11.6 Å². The molecule has 0 saturated carbocycles. The van der Waals surface area contributed by atoms with Crippen LogP contribution in [-0.2, 0) is 11.3 Å². The Morgan fingerprint density at radius 1 is 1.03 bits per heavy atom. The fourth-order valence-electron chi connectivity index (χ4n) is 2.59. The molecule has 1 aromatic heterocycles. The van der Waals surface area contributed by atoms with E-state index in [1.54, 1.807) is 6.92 Å². The van der Waals surface area contributed by atoms with Crippen LogP contribution in [-0.4, -0.2) is 12.5 Å². The molecule has 30 heavy (non-hydrogen) atoms. The largest absolute Gasteiger partial charge is 0.477 e. The van der Waals surface area contributed by atoms with E-state index in [2.05, 4.69) is 10.1 Å². The highest BCUT2D eigenvalue weighted by Crippen LogP contribution is 2.29. The van der Waals surface area contributed by atoms with Crippen LogP contribution >= 0.6 is 11.6 Å². The van der Waals surface area contributed by atoms with Gasteiger partial charge in [0.25, 0.3) is 5.91 Å². The first-order valence-electron chi connectivity index (χ1n) is 8.24. The van der Waals surface area contributed by atoms with Crippen molar-refractivity contribution in [1.29, 1.82) is 0 Å². The zero-order chi connectivity index (χ0) is 22.2. The van der Waals surface area contributed by atoms with Crippen molar-refractivity contribution in [2.45, 2.75) is 13.5 Å². The van der Waals surface area contributed by atoms with Gasteiger partial charge in [-0.15, -0.1) is 0 Å². The lowest BCUT2D eigenvalue weighted by atomic mass is 10.1. The SMILES string of the molecule is Cc1cc2oc(=O)cc(CNC(=O)COc3c(F)c(F)c(F)c(F)c3F)c2cc1Cl. The average molecular weight is 448 g/mol. The summed E-state index contributed by atoms with van der Waals surface area (Å²) in [4.78, 5) is 23.6. The summed E-state index contributed by atoms with van der Waals surface area (Å²) < 4.78 is 76.0. The third-order valence-electron chi connectivity index (χ3n) is 4.10. The Labute approximate surface area is 170 Å². The van der Waals surface area contributed by atoms with E-state index >= 15 is 0 Å². The fourth-order valence-corrected chi connectivity index (χ4v) is 2.75. The van der Waals surface area contributed by atoms with Crippen molar-refractivity contribution in [2.75, 3.05) is 6.61 Å². The summed E-state index contributed by atoms with van der Waals surface area (Å²) in [6, 6.07) is 4.18. The quantitative estimate of drug-likeness (QED) is 0.276. The normalized spacial score (nSPS) is 11.0. The minimum absolute atomic E-state index is 0.221. The molecule has 1 heterocycles. The van der Waals surface area contributed by atoms with E-state index in [0.29, 0.717) is 21.5 Å². The van der Waals surface area contributed by atoms with Gasteiger partial charge in [-0.3, -0.25) is 4.79 Å². The number of rotatable bonds is 5. The third-order valence-corrected chi connectivity index (χ3v) is 4.51. The summed E-state index contributed by atoms with van der Waals surface area (Å²) in [5.74, 6) is -13.6. The number of halogens is 6.